The fraction of sp³-hybridized carbons (Fsp3) is 0.556. The van der Waals surface area contributed by atoms with E-state index in [9.17, 15) is 0 Å². The number of aliphatic imine (C=N–C) groups is 1. The highest BCUT2D eigenvalue weighted by atomic mass is 127. The van der Waals surface area contributed by atoms with Crippen molar-refractivity contribution >= 4 is 52.6 Å². The Kier molecular flexibility index (Phi) is 9.30. The van der Waals surface area contributed by atoms with Crippen LogP contribution in [0, 0.1) is 6.92 Å². The lowest BCUT2D eigenvalue weighted by Gasteiger charge is -2.27. The Morgan fingerprint density at radius 2 is 2.15 bits per heavy atom. The van der Waals surface area contributed by atoms with E-state index in [4.69, 9.17) is 0 Å². The highest BCUT2D eigenvalue weighted by Crippen LogP contribution is 2.27. The van der Waals surface area contributed by atoms with Gasteiger partial charge in [-0.1, -0.05) is 6.07 Å². The minimum Gasteiger partial charge on any atom is -0.356 e. The Hall–Kier alpha value is -0.710. The Morgan fingerprint density at radius 1 is 1.35 bits per heavy atom. The number of aromatic nitrogens is 1. The van der Waals surface area contributed by atoms with E-state index in [0.29, 0.717) is 6.04 Å². The lowest BCUT2D eigenvalue weighted by atomic mass is 10.2. The summed E-state index contributed by atoms with van der Waals surface area (Å²) in [4.78, 5) is 14.1. The third-order valence-electron chi connectivity index (χ3n) is 4.44. The van der Waals surface area contributed by atoms with Gasteiger partial charge in [-0.3, -0.25) is 9.89 Å². The summed E-state index contributed by atoms with van der Waals surface area (Å²) in [6.07, 6.45) is 5.48. The summed E-state index contributed by atoms with van der Waals surface area (Å²) < 4.78 is 0. The lowest BCUT2D eigenvalue weighted by Crippen LogP contribution is -2.43. The lowest BCUT2D eigenvalue weighted by molar-refractivity contribution is 0.249. The van der Waals surface area contributed by atoms with E-state index in [2.05, 4.69) is 49.9 Å². The zero-order valence-corrected chi connectivity index (χ0v) is 19.4. The monoisotopic (exact) mass is 505 g/mol. The summed E-state index contributed by atoms with van der Waals surface area (Å²) in [6, 6.07) is 4.82. The first-order valence-electron chi connectivity index (χ1n) is 8.89. The van der Waals surface area contributed by atoms with Crippen LogP contribution in [0.4, 0.5) is 0 Å². The third kappa shape index (κ3) is 6.17. The molecule has 0 bridgehead atoms. The highest BCUT2D eigenvalue weighted by Gasteiger charge is 2.24. The van der Waals surface area contributed by atoms with Crippen LogP contribution in [0.15, 0.2) is 28.7 Å². The molecular weight excluding hydrogens is 477 g/mol. The average Bonchev–Trinajstić information content (AvgIpc) is 3.37. The van der Waals surface area contributed by atoms with Crippen LogP contribution in [-0.4, -0.2) is 49.1 Å². The van der Waals surface area contributed by atoms with Gasteiger partial charge >= 0.3 is 0 Å². The van der Waals surface area contributed by atoms with Gasteiger partial charge in [0.2, 0.25) is 0 Å². The number of thiazole rings is 1. The molecule has 1 saturated heterocycles. The number of nitrogens with one attached hydrogen (secondary N) is 2. The van der Waals surface area contributed by atoms with Crippen LogP contribution in [-0.2, 0) is 6.42 Å². The van der Waals surface area contributed by atoms with Gasteiger partial charge < -0.3 is 10.6 Å². The number of rotatable bonds is 7. The van der Waals surface area contributed by atoms with E-state index in [0.717, 1.165) is 25.5 Å². The number of likely N-dealkylation sites (tertiary alicyclic amines) is 1. The largest absolute Gasteiger partial charge is 0.356 e. The van der Waals surface area contributed by atoms with E-state index in [1.165, 1.54) is 40.7 Å². The maximum atomic E-state index is 4.41. The first-order chi connectivity index (χ1) is 12.3. The standard InChI is InChI=1S/C18H27N5S2.HI/c1-14-12-21-17(25-14)7-8-20-18(19-2)22-13-15(16-6-5-11-24-16)23-9-3-4-10-23;/h5-6,11-12,15H,3-4,7-10,13H2,1-2H3,(H2,19,20,22);1H. The number of hydrogen-bond acceptors (Lipinski definition) is 5. The highest BCUT2D eigenvalue weighted by molar-refractivity contribution is 14.0. The number of thiophene rings is 1. The second-order valence-corrected chi connectivity index (χ2v) is 8.57. The molecule has 0 saturated carbocycles. The molecule has 1 fully saturated rings. The molecule has 5 nitrogen and oxygen atoms in total. The molecule has 1 atom stereocenters. The Labute approximate surface area is 181 Å². The van der Waals surface area contributed by atoms with Crippen LogP contribution in [0.3, 0.4) is 0 Å². The Morgan fingerprint density at radius 3 is 2.77 bits per heavy atom. The molecule has 2 N–H and O–H groups in total. The molecule has 1 aliphatic heterocycles. The summed E-state index contributed by atoms with van der Waals surface area (Å²) in [5, 5.41) is 10.3. The number of guanidine groups is 1. The van der Waals surface area contributed by atoms with Crippen molar-refractivity contribution < 1.29 is 0 Å². The number of aryl methyl sites for hydroxylation is 1. The van der Waals surface area contributed by atoms with Crippen molar-refractivity contribution in [3.05, 3.63) is 38.5 Å². The van der Waals surface area contributed by atoms with Crippen molar-refractivity contribution in [3.63, 3.8) is 0 Å². The van der Waals surface area contributed by atoms with E-state index < -0.39 is 0 Å². The quantitative estimate of drug-likeness (QED) is 0.343. The van der Waals surface area contributed by atoms with E-state index in [1.54, 1.807) is 11.3 Å². The van der Waals surface area contributed by atoms with Crippen molar-refractivity contribution in [2.75, 3.05) is 33.2 Å². The molecule has 3 rings (SSSR count). The molecule has 26 heavy (non-hydrogen) atoms. The van der Waals surface area contributed by atoms with Crippen molar-refractivity contribution in [2.24, 2.45) is 4.99 Å². The molecule has 0 amide bonds. The van der Waals surface area contributed by atoms with Gasteiger partial charge in [-0.25, -0.2) is 4.98 Å². The topological polar surface area (TPSA) is 52.6 Å². The molecule has 8 heteroatoms. The van der Waals surface area contributed by atoms with Gasteiger partial charge in [0.15, 0.2) is 5.96 Å². The molecular formula is C18H28IN5S2. The third-order valence-corrected chi connectivity index (χ3v) is 6.39. The first-order valence-corrected chi connectivity index (χ1v) is 10.6. The number of hydrogen-bond donors (Lipinski definition) is 2. The fourth-order valence-electron chi connectivity index (χ4n) is 3.16. The number of halogens is 1. The smallest absolute Gasteiger partial charge is 0.191 e. The van der Waals surface area contributed by atoms with Crippen LogP contribution < -0.4 is 10.6 Å². The zero-order chi connectivity index (χ0) is 17.5. The van der Waals surface area contributed by atoms with Crippen LogP contribution in [0.1, 0.15) is 33.6 Å². The van der Waals surface area contributed by atoms with Gasteiger partial charge in [-0.2, -0.15) is 0 Å². The van der Waals surface area contributed by atoms with Gasteiger partial charge in [0.1, 0.15) is 0 Å². The second kappa shape index (κ2) is 11.2. The van der Waals surface area contributed by atoms with Crippen molar-refractivity contribution in [3.8, 4) is 0 Å². The SMILES string of the molecule is CN=C(NCCc1ncc(C)s1)NCC(c1cccs1)N1CCCC1.I. The molecule has 1 unspecified atom stereocenters. The molecule has 1 aliphatic rings. The normalized spacial score (nSPS) is 16.3. The molecule has 2 aromatic rings. The molecule has 0 aliphatic carbocycles. The molecule has 2 aromatic heterocycles. The Bertz CT molecular complexity index is 665. The summed E-state index contributed by atoms with van der Waals surface area (Å²) in [5.41, 5.74) is 0. The fourth-order valence-corrected chi connectivity index (χ4v) is 4.81. The van der Waals surface area contributed by atoms with E-state index in [-0.39, 0.29) is 24.0 Å². The van der Waals surface area contributed by atoms with Crippen LogP contribution in [0.2, 0.25) is 0 Å². The van der Waals surface area contributed by atoms with Crippen LogP contribution in [0.25, 0.3) is 0 Å². The molecule has 144 valence electrons. The van der Waals surface area contributed by atoms with Crippen molar-refractivity contribution in [2.45, 2.75) is 32.2 Å². The van der Waals surface area contributed by atoms with Gasteiger partial charge in [0, 0.05) is 42.5 Å². The average molecular weight is 505 g/mol. The summed E-state index contributed by atoms with van der Waals surface area (Å²) in [5.74, 6) is 0.869. The van der Waals surface area contributed by atoms with E-state index in [1.807, 2.05) is 24.6 Å². The maximum Gasteiger partial charge on any atom is 0.191 e. The van der Waals surface area contributed by atoms with Crippen LogP contribution >= 0.6 is 46.7 Å². The first kappa shape index (κ1) is 21.6. The molecule has 3 heterocycles. The van der Waals surface area contributed by atoms with E-state index >= 15 is 0 Å². The minimum atomic E-state index is 0. The second-order valence-electron chi connectivity index (χ2n) is 6.27. The number of nitrogens with zero attached hydrogens (tertiary/aromatic N) is 3. The predicted octanol–water partition coefficient (Wildman–Crippen LogP) is 3.68. The summed E-state index contributed by atoms with van der Waals surface area (Å²) in [7, 11) is 1.83. The van der Waals surface area contributed by atoms with Gasteiger partial charge in [0.25, 0.3) is 0 Å². The van der Waals surface area contributed by atoms with Gasteiger partial charge in [-0.05, 0) is 44.3 Å². The summed E-state index contributed by atoms with van der Waals surface area (Å²) >= 11 is 3.61. The van der Waals surface area contributed by atoms with Gasteiger partial charge in [0.05, 0.1) is 11.0 Å². The predicted molar refractivity (Wildman–Crippen MR) is 123 cm³/mol. The van der Waals surface area contributed by atoms with Crippen molar-refractivity contribution in [1.29, 1.82) is 0 Å². The van der Waals surface area contributed by atoms with Gasteiger partial charge in [-0.15, -0.1) is 46.7 Å². The maximum absolute atomic E-state index is 4.41. The molecule has 0 radical (unpaired) electrons. The summed E-state index contributed by atoms with van der Waals surface area (Å²) in [6.45, 7) is 6.22. The van der Waals surface area contributed by atoms with Crippen molar-refractivity contribution in [1.82, 2.24) is 20.5 Å². The molecule has 0 aromatic carbocycles. The Balaban J connectivity index is 0.00000243. The minimum absolute atomic E-state index is 0. The van der Waals surface area contributed by atoms with Crippen LogP contribution in [0.5, 0.6) is 0 Å². The zero-order valence-electron chi connectivity index (χ0n) is 15.4. The molecule has 0 spiro atoms.